The zero-order valence-corrected chi connectivity index (χ0v) is 13.9. The molecular formula is C15H17BrN4O2. The van der Waals surface area contributed by atoms with Gasteiger partial charge in [0.2, 0.25) is 0 Å². The first kappa shape index (κ1) is 15.0. The Hall–Kier alpha value is -1.89. The molecule has 22 heavy (non-hydrogen) atoms. The number of hydrogen-bond acceptors (Lipinski definition) is 4. The maximum absolute atomic E-state index is 12.0. The van der Waals surface area contributed by atoms with Gasteiger partial charge in [0.1, 0.15) is 5.82 Å². The van der Waals surface area contributed by atoms with E-state index in [-0.39, 0.29) is 12.8 Å². The highest BCUT2D eigenvalue weighted by atomic mass is 79.9. The number of carbonyl (C=O) groups excluding carboxylic acids is 1. The average molecular weight is 365 g/mol. The van der Waals surface area contributed by atoms with Gasteiger partial charge in [-0.15, -0.1) is 10.2 Å². The van der Waals surface area contributed by atoms with Crippen LogP contribution in [-0.4, -0.2) is 38.8 Å². The van der Waals surface area contributed by atoms with E-state index in [1.54, 1.807) is 9.47 Å². The molecule has 0 radical (unpaired) electrons. The fraction of sp³-hybridized carbons (Fsp3) is 0.400. The van der Waals surface area contributed by atoms with E-state index in [4.69, 9.17) is 4.74 Å². The molecule has 0 spiro atoms. The van der Waals surface area contributed by atoms with Gasteiger partial charge in [0.25, 0.3) is 0 Å². The SMILES string of the molecule is Cc1nnc(-c2ccc(Br)cc2)n1COC(=O)N1CCCC1. The highest BCUT2D eigenvalue weighted by Gasteiger charge is 2.20. The molecule has 1 aliphatic heterocycles. The lowest BCUT2D eigenvalue weighted by molar-refractivity contribution is 0.0822. The molecule has 1 amide bonds. The highest BCUT2D eigenvalue weighted by molar-refractivity contribution is 9.10. The molecule has 0 unspecified atom stereocenters. The zero-order chi connectivity index (χ0) is 15.5. The van der Waals surface area contributed by atoms with E-state index < -0.39 is 0 Å². The number of nitrogens with zero attached hydrogens (tertiary/aromatic N) is 4. The second-order valence-corrected chi connectivity index (χ2v) is 6.15. The smallest absolute Gasteiger partial charge is 0.411 e. The Kier molecular flexibility index (Phi) is 4.42. The van der Waals surface area contributed by atoms with Gasteiger partial charge in [-0.25, -0.2) is 4.79 Å². The molecule has 116 valence electrons. The maximum atomic E-state index is 12.0. The number of benzene rings is 1. The van der Waals surface area contributed by atoms with Crippen molar-refractivity contribution in [2.75, 3.05) is 13.1 Å². The van der Waals surface area contributed by atoms with E-state index in [2.05, 4.69) is 26.1 Å². The van der Waals surface area contributed by atoms with Crippen LogP contribution >= 0.6 is 15.9 Å². The van der Waals surface area contributed by atoms with Gasteiger partial charge < -0.3 is 9.64 Å². The minimum absolute atomic E-state index is 0.125. The van der Waals surface area contributed by atoms with Crippen molar-refractivity contribution in [1.82, 2.24) is 19.7 Å². The Morgan fingerprint density at radius 3 is 2.59 bits per heavy atom. The number of likely N-dealkylation sites (tertiary alicyclic amines) is 1. The van der Waals surface area contributed by atoms with Crippen LogP contribution in [0.2, 0.25) is 0 Å². The number of amides is 1. The van der Waals surface area contributed by atoms with Crippen molar-refractivity contribution in [1.29, 1.82) is 0 Å². The molecule has 0 atom stereocenters. The highest BCUT2D eigenvalue weighted by Crippen LogP contribution is 2.21. The van der Waals surface area contributed by atoms with Gasteiger partial charge in [-0.1, -0.05) is 28.1 Å². The van der Waals surface area contributed by atoms with Crippen LogP contribution in [0.3, 0.4) is 0 Å². The molecule has 6 nitrogen and oxygen atoms in total. The van der Waals surface area contributed by atoms with Crippen LogP contribution in [0.25, 0.3) is 11.4 Å². The summed E-state index contributed by atoms with van der Waals surface area (Å²) in [6, 6.07) is 7.79. The van der Waals surface area contributed by atoms with Crippen molar-refractivity contribution >= 4 is 22.0 Å². The average Bonchev–Trinajstić information content (AvgIpc) is 3.16. The van der Waals surface area contributed by atoms with Crippen LogP contribution in [0.4, 0.5) is 4.79 Å². The largest absolute Gasteiger partial charge is 0.428 e. The Balaban J connectivity index is 1.74. The lowest BCUT2D eigenvalue weighted by Gasteiger charge is -2.16. The molecule has 0 bridgehead atoms. The predicted octanol–water partition coefficient (Wildman–Crippen LogP) is 3.21. The summed E-state index contributed by atoms with van der Waals surface area (Å²) in [6.45, 7) is 3.53. The van der Waals surface area contributed by atoms with Gasteiger partial charge in [0.15, 0.2) is 12.6 Å². The number of hydrogen-bond donors (Lipinski definition) is 0. The number of aromatic nitrogens is 3. The lowest BCUT2D eigenvalue weighted by atomic mass is 10.2. The van der Waals surface area contributed by atoms with E-state index >= 15 is 0 Å². The number of aryl methyl sites for hydroxylation is 1. The summed E-state index contributed by atoms with van der Waals surface area (Å²) in [6.07, 6.45) is 1.82. The third kappa shape index (κ3) is 3.14. The van der Waals surface area contributed by atoms with Crippen molar-refractivity contribution in [2.24, 2.45) is 0 Å². The first-order valence-electron chi connectivity index (χ1n) is 7.22. The van der Waals surface area contributed by atoms with Crippen LogP contribution in [-0.2, 0) is 11.5 Å². The summed E-state index contributed by atoms with van der Waals surface area (Å²) >= 11 is 3.41. The van der Waals surface area contributed by atoms with Crippen LogP contribution < -0.4 is 0 Å². The third-order valence-corrected chi connectivity index (χ3v) is 4.25. The standard InChI is InChI=1S/C15H17BrN4O2/c1-11-17-18-14(12-4-6-13(16)7-5-12)20(11)10-22-15(21)19-8-2-3-9-19/h4-7H,2-3,8-10H2,1H3. The van der Waals surface area contributed by atoms with Crippen LogP contribution in [0.1, 0.15) is 18.7 Å². The van der Waals surface area contributed by atoms with Gasteiger partial charge in [-0.3, -0.25) is 4.57 Å². The molecule has 3 rings (SSSR count). The Labute approximate surface area is 137 Å². The van der Waals surface area contributed by atoms with Gasteiger partial charge in [-0.05, 0) is 31.9 Å². The molecule has 2 aromatic rings. The molecule has 0 aliphatic carbocycles. The van der Waals surface area contributed by atoms with E-state index in [0.29, 0.717) is 11.6 Å². The molecule has 0 saturated carbocycles. The first-order valence-corrected chi connectivity index (χ1v) is 8.02. The molecule has 1 aromatic heterocycles. The number of rotatable bonds is 3. The van der Waals surface area contributed by atoms with Crippen LogP contribution in [0, 0.1) is 6.92 Å². The monoisotopic (exact) mass is 364 g/mol. The van der Waals surface area contributed by atoms with Crippen LogP contribution in [0.15, 0.2) is 28.7 Å². The molecule has 1 saturated heterocycles. The molecule has 1 fully saturated rings. The summed E-state index contributed by atoms with van der Waals surface area (Å²) in [7, 11) is 0. The predicted molar refractivity (Wildman–Crippen MR) is 85.2 cm³/mol. The fourth-order valence-electron chi connectivity index (χ4n) is 2.46. The fourth-order valence-corrected chi connectivity index (χ4v) is 2.72. The topological polar surface area (TPSA) is 60.2 Å². The summed E-state index contributed by atoms with van der Waals surface area (Å²) < 4.78 is 8.20. The van der Waals surface area contributed by atoms with Gasteiger partial charge >= 0.3 is 6.09 Å². The molecule has 1 aliphatic rings. The number of carbonyl (C=O) groups is 1. The van der Waals surface area contributed by atoms with Crippen molar-refractivity contribution in [2.45, 2.75) is 26.5 Å². The molecule has 2 heterocycles. The Bertz CT molecular complexity index is 663. The van der Waals surface area contributed by atoms with Crippen molar-refractivity contribution in [3.8, 4) is 11.4 Å². The maximum Gasteiger partial charge on any atom is 0.411 e. The first-order chi connectivity index (χ1) is 10.6. The van der Waals surface area contributed by atoms with Gasteiger partial charge in [0, 0.05) is 23.1 Å². The van der Waals surface area contributed by atoms with Gasteiger partial charge in [0.05, 0.1) is 0 Å². The van der Waals surface area contributed by atoms with Crippen molar-refractivity contribution < 1.29 is 9.53 Å². The number of ether oxygens (including phenoxy) is 1. The second kappa shape index (κ2) is 6.48. The summed E-state index contributed by atoms with van der Waals surface area (Å²) in [5.41, 5.74) is 0.932. The van der Waals surface area contributed by atoms with E-state index in [1.807, 2.05) is 31.2 Å². The second-order valence-electron chi connectivity index (χ2n) is 5.24. The minimum Gasteiger partial charge on any atom is -0.428 e. The quantitative estimate of drug-likeness (QED) is 0.838. The van der Waals surface area contributed by atoms with E-state index in [1.165, 1.54) is 0 Å². The summed E-state index contributed by atoms with van der Waals surface area (Å²) in [5, 5.41) is 8.27. The van der Waals surface area contributed by atoms with Crippen molar-refractivity contribution in [3.05, 3.63) is 34.6 Å². The Morgan fingerprint density at radius 1 is 1.23 bits per heavy atom. The van der Waals surface area contributed by atoms with Crippen LogP contribution in [0.5, 0.6) is 0 Å². The normalized spacial score (nSPS) is 14.4. The van der Waals surface area contributed by atoms with E-state index in [0.717, 1.165) is 36.0 Å². The molecular weight excluding hydrogens is 348 g/mol. The van der Waals surface area contributed by atoms with Crippen molar-refractivity contribution in [3.63, 3.8) is 0 Å². The molecule has 7 heteroatoms. The lowest BCUT2D eigenvalue weighted by Crippen LogP contribution is -2.29. The number of halogens is 1. The zero-order valence-electron chi connectivity index (χ0n) is 12.3. The third-order valence-electron chi connectivity index (χ3n) is 3.72. The summed E-state index contributed by atoms with van der Waals surface area (Å²) in [4.78, 5) is 13.7. The Morgan fingerprint density at radius 2 is 1.91 bits per heavy atom. The molecule has 0 N–H and O–H groups in total. The minimum atomic E-state index is -0.271. The summed E-state index contributed by atoms with van der Waals surface area (Å²) in [5.74, 6) is 1.41. The molecule has 1 aromatic carbocycles. The van der Waals surface area contributed by atoms with Gasteiger partial charge in [-0.2, -0.15) is 0 Å². The van der Waals surface area contributed by atoms with E-state index in [9.17, 15) is 4.79 Å².